The predicted molar refractivity (Wildman–Crippen MR) is 92.3 cm³/mol. The van der Waals surface area contributed by atoms with E-state index in [4.69, 9.17) is 15.2 Å². The van der Waals surface area contributed by atoms with Crippen LogP contribution in [-0.2, 0) is 29.1 Å². The zero-order chi connectivity index (χ0) is 19.8. The molecule has 1 aliphatic carbocycles. The van der Waals surface area contributed by atoms with Gasteiger partial charge in [-0.15, -0.1) is 0 Å². The van der Waals surface area contributed by atoms with Crippen LogP contribution in [0.15, 0.2) is 12.5 Å². The molecule has 0 spiro atoms. The number of hydrogen-bond acceptors (Lipinski definition) is 9. The van der Waals surface area contributed by atoms with E-state index in [0.717, 1.165) is 18.7 Å². The molecular weight excluding hydrogens is 403 g/mol. The van der Waals surface area contributed by atoms with Gasteiger partial charge in [0.05, 0.1) is 24.7 Å². The number of ether oxygens (including phenoxy) is 2. The Hall–Kier alpha value is -1.83. The molecule has 0 radical (unpaired) electrons. The quantitative estimate of drug-likeness (QED) is 0.724. The van der Waals surface area contributed by atoms with Crippen molar-refractivity contribution in [3.8, 4) is 0 Å². The standard InChI is InChI=1S/C14H17FN4O6S2/c1-26(20,21)14(27(2,22)23)24-9-4-3-8(12(9)25-14)19-6-18-10-11(19)7(15)5-17-13(10)16/h5-6,8-9,12H,3-4H2,1-2H3,(H2,16,17)/t8-,9-,12+/m1/s1. The Morgan fingerprint density at radius 1 is 1.19 bits per heavy atom. The number of imidazole rings is 1. The predicted octanol–water partition coefficient (Wildman–Crippen LogP) is -0.0280. The van der Waals surface area contributed by atoms with Crippen molar-refractivity contribution in [2.75, 3.05) is 18.2 Å². The third-order valence-corrected chi connectivity index (χ3v) is 8.93. The second kappa shape index (κ2) is 5.59. The van der Waals surface area contributed by atoms with Crippen LogP contribution in [0.4, 0.5) is 10.2 Å². The van der Waals surface area contributed by atoms with Gasteiger partial charge in [-0.1, -0.05) is 0 Å². The highest BCUT2D eigenvalue weighted by molar-refractivity contribution is 8.09. The van der Waals surface area contributed by atoms with Crippen molar-refractivity contribution in [3.63, 3.8) is 0 Å². The highest BCUT2D eigenvalue weighted by Gasteiger charge is 2.65. The molecule has 2 fully saturated rings. The fraction of sp³-hybridized carbons (Fsp3) is 0.571. The number of nitrogen functional groups attached to an aromatic ring is 1. The molecule has 2 N–H and O–H groups in total. The second-order valence-electron chi connectivity index (χ2n) is 6.77. The monoisotopic (exact) mass is 420 g/mol. The Morgan fingerprint density at radius 3 is 2.48 bits per heavy atom. The third-order valence-electron chi connectivity index (χ3n) is 4.91. The van der Waals surface area contributed by atoms with Crippen LogP contribution in [0.5, 0.6) is 0 Å². The molecule has 2 aliphatic rings. The van der Waals surface area contributed by atoms with E-state index in [1.165, 1.54) is 10.9 Å². The molecule has 4 rings (SSSR count). The smallest absolute Gasteiger partial charge is 0.379 e. The first-order valence-corrected chi connectivity index (χ1v) is 11.8. The normalized spacial score (nSPS) is 27.9. The molecule has 2 aromatic heterocycles. The summed E-state index contributed by atoms with van der Waals surface area (Å²) in [7, 11) is -8.55. The van der Waals surface area contributed by atoms with Crippen LogP contribution in [0.3, 0.4) is 0 Å². The Labute approximate surface area is 154 Å². The van der Waals surface area contributed by atoms with E-state index in [1.54, 1.807) is 0 Å². The third kappa shape index (κ3) is 2.48. The first-order valence-electron chi connectivity index (χ1n) is 7.97. The largest absolute Gasteiger partial charge is 0.382 e. The molecule has 13 heteroatoms. The molecule has 1 saturated carbocycles. The van der Waals surface area contributed by atoms with E-state index in [0.29, 0.717) is 12.8 Å². The van der Waals surface area contributed by atoms with Gasteiger partial charge < -0.3 is 19.8 Å². The minimum Gasteiger partial charge on any atom is -0.382 e. The summed E-state index contributed by atoms with van der Waals surface area (Å²) in [6.07, 6.45) is 2.88. The molecule has 27 heavy (non-hydrogen) atoms. The molecule has 0 aromatic carbocycles. The first-order chi connectivity index (χ1) is 12.5. The maximum Gasteiger partial charge on any atom is 0.379 e. The average molecular weight is 420 g/mol. The molecule has 0 bridgehead atoms. The zero-order valence-corrected chi connectivity index (χ0v) is 16.0. The molecule has 1 saturated heterocycles. The van der Waals surface area contributed by atoms with Gasteiger partial charge in [-0.2, -0.15) is 0 Å². The number of hydrogen-bond donors (Lipinski definition) is 1. The number of rotatable bonds is 3. The van der Waals surface area contributed by atoms with Crippen molar-refractivity contribution in [2.24, 2.45) is 0 Å². The number of fused-ring (bicyclic) bond motifs is 2. The maximum atomic E-state index is 14.3. The molecular formula is C14H17FN4O6S2. The molecule has 10 nitrogen and oxygen atoms in total. The van der Waals surface area contributed by atoms with Crippen LogP contribution in [0.25, 0.3) is 11.0 Å². The fourth-order valence-electron chi connectivity index (χ4n) is 3.78. The van der Waals surface area contributed by atoms with Gasteiger partial charge in [-0.25, -0.2) is 31.2 Å². The molecule has 148 valence electrons. The van der Waals surface area contributed by atoms with Gasteiger partial charge in [0.15, 0.2) is 11.6 Å². The summed E-state index contributed by atoms with van der Waals surface area (Å²) in [5.74, 6) is -0.610. The number of anilines is 1. The lowest BCUT2D eigenvalue weighted by atomic mass is 10.2. The molecule has 0 amide bonds. The average Bonchev–Trinajstić information content (AvgIpc) is 3.21. The van der Waals surface area contributed by atoms with E-state index < -0.39 is 48.2 Å². The van der Waals surface area contributed by atoms with Gasteiger partial charge in [0, 0.05) is 12.5 Å². The minimum atomic E-state index is -4.27. The Morgan fingerprint density at radius 2 is 1.85 bits per heavy atom. The van der Waals surface area contributed by atoms with Gasteiger partial charge in [0.1, 0.15) is 17.1 Å². The zero-order valence-electron chi connectivity index (χ0n) is 14.4. The Bertz CT molecular complexity index is 1110. The molecule has 3 atom stereocenters. The molecule has 3 heterocycles. The number of nitrogens with two attached hydrogens (primary N) is 1. The molecule has 1 aliphatic heterocycles. The van der Waals surface area contributed by atoms with Crippen molar-refractivity contribution >= 4 is 36.5 Å². The van der Waals surface area contributed by atoms with E-state index >= 15 is 0 Å². The van der Waals surface area contributed by atoms with Gasteiger partial charge in [0.25, 0.3) is 0 Å². The lowest BCUT2D eigenvalue weighted by molar-refractivity contribution is -0.0531. The number of nitrogens with zero attached hydrogens (tertiary/aromatic N) is 3. The molecule has 0 unspecified atom stereocenters. The summed E-state index contributed by atoms with van der Waals surface area (Å²) in [5, 5.41) is 0. The lowest BCUT2D eigenvalue weighted by Gasteiger charge is -2.26. The number of aromatic nitrogens is 3. The second-order valence-corrected chi connectivity index (χ2v) is 11.2. The highest BCUT2D eigenvalue weighted by Crippen LogP contribution is 2.48. The van der Waals surface area contributed by atoms with Crippen molar-refractivity contribution in [1.82, 2.24) is 14.5 Å². The summed E-state index contributed by atoms with van der Waals surface area (Å²) < 4.78 is 72.8. The summed E-state index contributed by atoms with van der Waals surface area (Å²) in [5.41, 5.74) is 5.99. The van der Waals surface area contributed by atoms with Gasteiger partial charge in [-0.3, -0.25) is 0 Å². The van der Waals surface area contributed by atoms with E-state index in [2.05, 4.69) is 9.97 Å². The van der Waals surface area contributed by atoms with Gasteiger partial charge in [0.2, 0.25) is 19.7 Å². The number of halogens is 1. The van der Waals surface area contributed by atoms with Gasteiger partial charge in [-0.05, 0) is 12.8 Å². The van der Waals surface area contributed by atoms with Crippen molar-refractivity contribution in [2.45, 2.75) is 35.5 Å². The molecule has 2 aromatic rings. The van der Waals surface area contributed by atoms with Crippen molar-refractivity contribution in [1.29, 1.82) is 0 Å². The maximum absolute atomic E-state index is 14.3. The van der Waals surface area contributed by atoms with Crippen molar-refractivity contribution in [3.05, 3.63) is 18.3 Å². The summed E-state index contributed by atoms with van der Waals surface area (Å²) >= 11 is 0. The first kappa shape index (κ1) is 18.5. The van der Waals surface area contributed by atoms with E-state index in [9.17, 15) is 21.2 Å². The topological polar surface area (TPSA) is 143 Å². The summed E-state index contributed by atoms with van der Waals surface area (Å²) in [4.78, 5) is 7.79. The minimum absolute atomic E-state index is 0.0462. The Kier molecular flexibility index (Phi) is 3.84. The van der Waals surface area contributed by atoms with E-state index in [1.807, 2.05) is 0 Å². The SMILES string of the molecule is CS(=O)(=O)C1(S(C)(=O)=O)O[C@H]2[C@H](n3cnc4c(N)ncc(F)c43)CC[C@H]2O1. The van der Waals surface area contributed by atoms with Gasteiger partial charge >= 0.3 is 4.45 Å². The van der Waals surface area contributed by atoms with Crippen molar-refractivity contribution < 1.29 is 30.7 Å². The number of sulfone groups is 2. The van der Waals surface area contributed by atoms with Crippen LogP contribution in [0, 0.1) is 5.82 Å². The van der Waals surface area contributed by atoms with Crippen LogP contribution in [0.1, 0.15) is 18.9 Å². The lowest BCUT2D eigenvalue weighted by Crippen LogP contribution is -2.47. The highest BCUT2D eigenvalue weighted by atomic mass is 32.3. The van der Waals surface area contributed by atoms with Crippen LogP contribution >= 0.6 is 0 Å². The fourth-order valence-corrected chi connectivity index (χ4v) is 7.15. The van der Waals surface area contributed by atoms with Crippen LogP contribution < -0.4 is 5.73 Å². The Balaban J connectivity index is 1.81. The van der Waals surface area contributed by atoms with E-state index in [-0.39, 0.29) is 16.9 Å². The number of pyridine rings is 1. The summed E-state index contributed by atoms with van der Waals surface area (Å²) in [6, 6.07) is -0.582. The van der Waals surface area contributed by atoms with Crippen LogP contribution in [0.2, 0.25) is 0 Å². The summed E-state index contributed by atoms with van der Waals surface area (Å²) in [6.45, 7) is 0. The van der Waals surface area contributed by atoms with Crippen LogP contribution in [-0.4, -0.2) is 60.5 Å².